The van der Waals surface area contributed by atoms with Crippen LogP contribution < -0.4 is 0 Å². The Labute approximate surface area is 122 Å². The lowest BCUT2D eigenvalue weighted by Crippen LogP contribution is -2.58. The standard InChI is InChI=1S/C16H29NO3/c1-2-3-14(4-5-15(18)19)6-9-17-12-16(13-17)7-10-20-11-8-16/h14H,2-13H2,1H3,(H,18,19). The molecule has 2 aliphatic heterocycles. The van der Waals surface area contributed by atoms with E-state index >= 15 is 0 Å². The van der Waals surface area contributed by atoms with Gasteiger partial charge in [0, 0.05) is 38.1 Å². The van der Waals surface area contributed by atoms with Crippen LogP contribution in [-0.4, -0.2) is 48.8 Å². The van der Waals surface area contributed by atoms with E-state index in [0.29, 0.717) is 17.8 Å². The fraction of sp³-hybridized carbons (Fsp3) is 0.938. The average Bonchev–Trinajstić information content (AvgIpc) is 2.40. The van der Waals surface area contributed by atoms with E-state index in [2.05, 4.69) is 11.8 Å². The summed E-state index contributed by atoms with van der Waals surface area (Å²) in [5, 5.41) is 8.81. The van der Waals surface area contributed by atoms with Gasteiger partial charge in [-0.15, -0.1) is 0 Å². The normalized spacial score (nSPS) is 23.4. The molecule has 4 nitrogen and oxygen atoms in total. The molecule has 4 heteroatoms. The number of hydrogen-bond donors (Lipinski definition) is 1. The van der Waals surface area contributed by atoms with E-state index in [1.165, 1.54) is 32.4 Å². The summed E-state index contributed by atoms with van der Waals surface area (Å²) < 4.78 is 5.45. The predicted octanol–water partition coefficient (Wildman–Crippen LogP) is 2.77. The van der Waals surface area contributed by atoms with Gasteiger partial charge in [-0.3, -0.25) is 4.79 Å². The number of rotatable bonds is 8. The maximum atomic E-state index is 10.7. The minimum atomic E-state index is -0.656. The maximum absolute atomic E-state index is 10.7. The van der Waals surface area contributed by atoms with Crippen molar-refractivity contribution in [1.82, 2.24) is 4.90 Å². The molecule has 0 radical (unpaired) electrons. The van der Waals surface area contributed by atoms with Crippen LogP contribution in [-0.2, 0) is 9.53 Å². The molecular weight excluding hydrogens is 254 g/mol. The van der Waals surface area contributed by atoms with E-state index in [4.69, 9.17) is 9.84 Å². The van der Waals surface area contributed by atoms with Crippen molar-refractivity contribution in [2.24, 2.45) is 11.3 Å². The molecule has 116 valence electrons. The Morgan fingerprint density at radius 1 is 1.25 bits per heavy atom. The van der Waals surface area contributed by atoms with Crippen LogP contribution >= 0.6 is 0 Å². The summed E-state index contributed by atoms with van der Waals surface area (Å²) in [6.45, 7) is 7.67. The molecule has 1 N–H and O–H groups in total. The van der Waals surface area contributed by atoms with Crippen LogP contribution in [0.25, 0.3) is 0 Å². The first-order chi connectivity index (χ1) is 9.63. The van der Waals surface area contributed by atoms with Crippen molar-refractivity contribution in [2.75, 3.05) is 32.8 Å². The van der Waals surface area contributed by atoms with Gasteiger partial charge in [0.25, 0.3) is 0 Å². The lowest BCUT2D eigenvalue weighted by atomic mass is 9.73. The quantitative estimate of drug-likeness (QED) is 0.744. The Hall–Kier alpha value is -0.610. The summed E-state index contributed by atoms with van der Waals surface area (Å²) in [6.07, 6.45) is 7.10. The van der Waals surface area contributed by atoms with Gasteiger partial charge in [-0.25, -0.2) is 0 Å². The van der Waals surface area contributed by atoms with E-state index in [1.807, 2.05) is 0 Å². The second-order valence-electron chi connectivity index (χ2n) is 6.70. The number of carbonyl (C=O) groups is 1. The van der Waals surface area contributed by atoms with E-state index < -0.39 is 5.97 Å². The van der Waals surface area contributed by atoms with Gasteiger partial charge in [-0.05, 0) is 38.1 Å². The van der Waals surface area contributed by atoms with Crippen molar-refractivity contribution in [2.45, 2.75) is 51.9 Å². The molecule has 1 atom stereocenters. The van der Waals surface area contributed by atoms with Gasteiger partial charge in [0.2, 0.25) is 0 Å². The smallest absolute Gasteiger partial charge is 0.303 e. The largest absolute Gasteiger partial charge is 0.481 e. The van der Waals surface area contributed by atoms with E-state index in [-0.39, 0.29) is 0 Å². The maximum Gasteiger partial charge on any atom is 0.303 e. The predicted molar refractivity (Wildman–Crippen MR) is 78.8 cm³/mol. The van der Waals surface area contributed by atoms with Crippen molar-refractivity contribution in [3.05, 3.63) is 0 Å². The second kappa shape index (κ2) is 7.41. The van der Waals surface area contributed by atoms with E-state index in [9.17, 15) is 4.79 Å². The van der Waals surface area contributed by atoms with Gasteiger partial charge in [0.15, 0.2) is 0 Å². The third-order valence-electron chi connectivity index (χ3n) is 4.99. The molecule has 2 aliphatic rings. The summed E-state index contributed by atoms with van der Waals surface area (Å²) in [5.74, 6) is -0.0708. The Kier molecular flexibility index (Phi) is 5.85. The summed E-state index contributed by atoms with van der Waals surface area (Å²) in [4.78, 5) is 13.2. The molecule has 0 aliphatic carbocycles. The lowest BCUT2D eigenvalue weighted by Gasteiger charge is -2.52. The fourth-order valence-corrected chi connectivity index (χ4v) is 3.72. The van der Waals surface area contributed by atoms with Crippen LogP contribution in [0.4, 0.5) is 0 Å². The zero-order chi connectivity index (χ0) is 14.4. The number of nitrogens with zero attached hydrogens (tertiary/aromatic N) is 1. The van der Waals surface area contributed by atoms with Gasteiger partial charge in [0.05, 0.1) is 0 Å². The monoisotopic (exact) mass is 283 g/mol. The summed E-state index contributed by atoms with van der Waals surface area (Å²) >= 11 is 0. The number of ether oxygens (including phenoxy) is 1. The average molecular weight is 283 g/mol. The molecule has 1 spiro atoms. The molecule has 1 unspecified atom stereocenters. The molecule has 0 bridgehead atoms. The fourth-order valence-electron chi connectivity index (χ4n) is 3.72. The third-order valence-corrected chi connectivity index (χ3v) is 4.99. The highest BCUT2D eigenvalue weighted by Crippen LogP contribution is 2.40. The van der Waals surface area contributed by atoms with Crippen LogP contribution in [0.1, 0.15) is 51.9 Å². The first kappa shape index (κ1) is 15.8. The van der Waals surface area contributed by atoms with Crippen molar-refractivity contribution in [3.8, 4) is 0 Å². The molecule has 0 aromatic heterocycles. The van der Waals surface area contributed by atoms with Crippen molar-refractivity contribution in [3.63, 3.8) is 0 Å². The highest BCUT2D eigenvalue weighted by Gasteiger charge is 2.43. The topological polar surface area (TPSA) is 49.8 Å². The van der Waals surface area contributed by atoms with Gasteiger partial charge in [-0.1, -0.05) is 19.8 Å². The van der Waals surface area contributed by atoms with Gasteiger partial charge in [-0.2, -0.15) is 0 Å². The zero-order valence-corrected chi connectivity index (χ0v) is 12.8. The first-order valence-electron chi connectivity index (χ1n) is 8.15. The van der Waals surface area contributed by atoms with Crippen LogP contribution in [0.15, 0.2) is 0 Å². The summed E-state index contributed by atoms with van der Waals surface area (Å²) in [7, 11) is 0. The SMILES string of the molecule is CCCC(CCC(=O)O)CCN1CC2(CCOCC2)C1. The van der Waals surface area contributed by atoms with Crippen molar-refractivity contribution < 1.29 is 14.6 Å². The minimum absolute atomic E-state index is 0.325. The van der Waals surface area contributed by atoms with Gasteiger partial charge >= 0.3 is 5.97 Å². The Bertz CT molecular complexity index is 305. The molecule has 0 aromatic carbocycles. The van der Waals surface area contributed by atoms with E-state index in [0.717, 1.165) is 39.0 Å². The zero-order valence-electron chi connectivity index (χ0n) is 12.8. The van der Waals surface area contributed by atoms with Gasteiger partial charge in [0.1, 0.15) is 0 Å². The number of carboxylic acids is 1. The van der Waals surface area contributed by atoms with Crippen LogP contribution in [0.2, 0.25) is 0 Å². The van der Waals surface area contributed by atoms with Crippen molar-refractivity contribution >= 4 is 5.97 Å². The highest BCUT2D eigenvalue weighted by atomic mass is 16.5. The van der Waals surface area contributed by atoms with Crippen LogP contribution in [0.5, 0.6) is 0 Å². The number of likely N-dealkylation sites (tertiary alicyclic amines) is 1. The Balaban J connectivity index is 1.64. The molecule has 0 saturated carbocycles. The third kappa shape index (κ3) is 4.45. The van der Waals surface area contributed by atoms with Crippen LogP contribution in [0, 0.1) is 11.3 Å². The minimum Gasteiger partial charge on any atom is -0.481 e. The number of hydrogen-bond acceptors (Lipinski definition) is 3. The summed E-state index contributed by atoms with van der Waals surface area (Å²) in [6, 6.07) is 0. The first-order valence-corrected chi connectivity index (χ1v) is 8.15. The molecular formula is C16H29NO3. The van der Waals surface area contributed by atoms with Gasteiger partial charge < -0.3 is 14.7 Å². The summed E-state index contributed by atoms with van der Waals surface area (Å²) in [5.41, 5.74) is 0.555. The number of carboxylic acid groups (broad SMARTS) is 1. The molecule has 20 heavy (non-hydrogen) atoms. The van der Waals surface area contributed by atoms with Crippen LogP contribution in [0.3, 0.4) is 0 Å². The molecule has 0 aromatic rings. The number of aliphatic carboxylic acids is 1. The molecule has 2 heterocycles. The molecule has 2 fully saturated rings. The second-order valence-corrected chi connectivity index (χ2v) is 6.70. The van der Waals surface area contributed by atoms with E-state index in [1.54, 1.807) is 0 Å². The molecule has 0 amide bonds. The molecule has 2 saturated heterocycles. The highest BCUT2D eigenvalue weighted by molar-refractivity contribution is 5.66. The molecule has 2 rings (SSSR count). The Morgan fingerprint density at radius 2 is 1.95 bits per heavy atom. The van der Waals surface area contributed by atoms with Crippen molar-refractivity contribution in [1.29, 1.82) is 0 Å². The lowest BCUT2D eigenvalue weighted by molar-refractivity contribution is -0.137. The Morgan fingerprint density at radius 3 is 2.55 bits per heavy atom.